The molecule has 3 aromatic rings. The lowest BCUT2D eigenvalue weighted by Crippen LogP contribution is -2.41. The maximum Gasteiger partial charge on any atom is 0.227 e. The van der Waals surface area contributed by atoms with Crippen LogP contribution in [-0.4, -0.2) is 41.4 Å². The van der Waals surface area contributed by atoms with Crippen molar-refractivity contribution in [1.82, 2.24) is 9.80 Å². The van der Waals surface area contributed by atoms with E-state index in [4.69, 9.17) is 0 Å². The zero-order chi connectivity index (χ0) is 18.9. The first-order valence-corrected chi connectivity index (χ1v) is 10.3. The number of amides is 1. The summed E-state index contributed by atoms with van der Waals surface area (Å²) in [5.74, 6) is 0.260. The number of carbonyl (C=O) groups is 1. The smallest absolute Gasteiger partial charge is 0.227 e. The molecule has 3 aromatic carbocycles. The molecule has 28 heavy (non-hydrogen) atoms. The van der Waals surface area contributed by atoms with Crippen molar-refractivity contribution in [1.29, 1.82) is 0 Å². The van der Waals surface area contributed by atoms with E-state index in [2.05, 4.69) is 76.5 Å². The van der Waals surface area contributed by atoms with Gasteiger partial charge < -0.3 is 4.90 Å². The molecule has 1 atom stereocenters. The molecule has 3 heteroatoms. The lowest BCUT2D eigenvalue weighted by atomic mass is 9.98. The van der Waals surface area contributed by atoms with Gasteiger partial charge in [0.05, 0.1) is 6.42 Å². The minimum absolute atomic E-state index is 0.260. The third-order valence-electron chi connectivity index (χ3n) is 6.41. The first-order valence-electron chi connectivity index (χ1n) is 10.3. The monoisotopic (exact) mass is 370 g/mol. The Morgan fingerprint density at radius 1 is 0.893 bits per heavy atom. The molecule has 1 saturated heterocycles. The van der Waals surface area contributed by atoms with E-state index in [9.17, 15) is 4.79 Å². The van der Waals surface area contributed by atoms with Crippen LogP contribution in [0.5, 0.6) is 0 Å². The normalized spacial score (nSPS) is 19.7. The molecule has 0 spiro atoms. The van der Waals surface area contributed by atoms with E-state index < -0.39 is 0 Å². The van der Waals surface area contributed by atoms with Gasteiger partial charge in [-0.25, -0.2) is 0 Å². The Bertz CT molecular complexity index is 1010. The van der Waals surface area contributed by atoms with Crippen LogP contribution in [0.25, 0.3) is 10.8 Å². The number of carbonyl (C=O) groups excluding carboxylic acids is 1. The fraction of sp³-hybridized carbons (Fsp3) is 0.320. The third kappa shape index (κ3) is 3.31. The van der Waals surface area contributed by atoms with Crippen molar-refractivity contribution in [2.75, 3.05) is 19.6 Å². The molecule has 142 valence electrons. The minimum Gasteiger partial charge on any atom is -0.341 e. The van der Waals surface area contributed by atoms with E-state index in [0.717, 1.165) is 44.6 Å². The van der Waals surface area contributed by atoms with Crippen LogP contribution < -0.4 is 0 Å². The average Bonchev–Trinajstić information content (AvgIpc) is 3.24. The summed E-state index contributed by atoms with van der Waals surface area (Å²) < 4.78 is 0. The Balaban J connectivity index is 1.25. The zero-order valence-corrected chi connectivity index (χ0v) is 16.2. The minimum atomic E-state index is 0.260. The molecule has 0 unspecified atom stereocenters. The predicted molar refractivity (Wildman–Crippen MR) is 113 cm³/mol. The molecule has 0 radical (unpaired) electrons. The highest BCUT2D eigenvalue weighted by atomic mass is 16.2. The second-order valence-corrected chi connectivity index (χ2v) is 8.09. The molecule has 3 nitrogen and oxygen atoms in total. The van der Waals surface area contributed by atoms with Gasteiger partial charge in [0.15, 0.2) is 0 Å². The van der Waals surface area contributed by atoms with Gasteiger partial charge >= 0.3 is 0 Å². The lowest BCUT2D eigenvalue weighted by Gasteiger charge is -2.33. The quantitative estimate of drug-likeness (QED) is 0.695. The van der Waals surface area contributed by atoms with Gasteiger partial charge in [-0.05, 0) is 40.3 Å². The summed E-state index contributed by atoms with van der Waals surface area (Å²) in [7, 11) is 0. The molecule has 2 aliphatic heterocycles. The third-order valence-corrected chi connectivity index (χ3v) is 6.41. The van der Waals surface area contributed by atoms with Crippen molar-refractivity contribution in [3.8, 4) is 0 Å². The Morgan fingerprint density at radius 2 is 1.68 bits per heavy atom. The Kier molecular flexibility index (Phi) is 4.61. The Morgan fingerprint density at radius 3 is 2.61 bits per heavy atom. The van der Waals surface area contributed by atoms with Crippen molar-refractivity contribution in [2.45, 2.75) is 31.8 Å². The highest BCUT2D eigenvalue weighted by Gasteiger charge is 2.31. The van der Waals surface area contributed by atoms with E-state index in [1.54, 1.807) is 0 Å². The number of hydrogen-bond acceptors (Lipinski definition) is 2. The number of fused-ring (bicyclic) bond motifs is 2. The molecule has 0 N–H and O–H groups in total. The van der Waals surface area contributed by atoms with Gasteiger partial charge in [-0.2, -0.15) is 0 Å². The molecule has 1 amide bonds. The number of rotatable bonds is 3. The summed E-state index contributed by atoms with van der Waals surface area (Å²) >= 11 is 0. The summed E-state index contributed by atoms with van der Waals surface area (Å²) in [6.07, 6.45) is 2.71. The van der Waals surface area contributed by atoms with Crippen LogP contribution in [0.2, 0.25) is 0 Å². The summed E-state index contributed by atoms with van der Waals surface area (Å²) in [5.41, 5.74) is 4.08. The SMILES string of the molecule is O=C(Cc1cccc2ccccc12)N1CC[C@@H](N2CCc3ccccc3C2)C1. The Hall–Kier alpha value is -2.65. The summed E-state index contributed by atoms with van der Waals surface area (Å²) in [5, 5.41) is 2.40. The molecular formula is C25H26N2O. The Labute approximate surface area is 166 Å². The van der Waals surface area contributed by atoms with Crippen LogP contribution in [0.1, 0.15) is 23.1 Å². The summed E-state index contributed by atoms with van der Waals surface area (Å²) in [4.78, 5) is 17.6. The second kappa shape index (κ2) is 7.40. The molecule has 2 aliphatic rings. The van der Waals surface area contributed by atoms with E-state index >= 15 is 0 Å². The molecule has 0 bridgehead atoms. The number of benzene rings is 3. The van der Waals surface area contributed by atoms with Crippen LogP contribution in [0.15, 0.2) is 66.7 Å². The summed E-state index contributed by atoms with van der Waals surface area (Å²) in [6.45, 7) is 3.87. The molecular weight excluding hydrogens is 344 g/mol. The van der Waals surface area contributed by atoms with Crippen LogP contribution in [0.4, 0.5) is 0 Å². The highest BCUT2D eigenvalue weighted by molar-refractivity contribution is 5.90. The van der Waals surface area contributed by atoms with Crippen molar-refractivity contribution in [3.63, 3.8) is 0 Å². The summed E-state index contributed by atoms with van der Waals surface area (Å²) in [6, 6.07) is 23.9. The standard InChI is InChI=1S/C25H26N2O/c28-25(16-21-10-5-9-20-7-3-4-11-24(20)21)27-15-13-23(18-27)26-14-12-19-6-1-2-8-22(19)17-26/h1-11,23H,12-18H2/t23-/m1/s1. The number of nitrogens with zero attached hydrogens (tertiary/aromatic N) is 2. The molecule has 0 aromatic heterocycles. The average molecular weight is 370 g/mol. The molecule has 0 aliphatic carbocycles. The van der Waals surface area contributed by atoms with Crippen LogP contribution in [-0.2, 0) is 24.2 Å². The van der Waals surface area contributed by atoms with Gasteiger partial charge in [-0.3, -0.25) is 9.69 Å². The van der Waals surface area contributed by atoms with Gasteiger partial charge in [0, 0.05) is 32.2 Å². The fourth-order valence-corrected chi connectivity index (χ4v) is 4.82. The van der Waals surface area contributed by atoms with Crippen molar-refractivity contribution in [2.24, 2.45) is 0 Å². The molecule has 2 heterocycles. The van der Waals surface area contributed by atoms with E-state index in [0.29, 0.717) is 12.5 Å². The van der Waals surface area contributed by atoms with Gasteiger partial charge in [0.1, 0.15) is 0 Å². The number of hydrogen-bond donors (Lipinski definition) is 0. The van der Waals surface area contributed by atoms with Crippen molar-refractivity contribution >= 4 is 16.7 Å². The van der Waals surface area contributed by atoms with Gasteiger partial charge in [0.25, 0.3) is 0 Å². The maximum atomic E-state index is 13.0. The van der Waals surface area contributed by atoms with Gasteiger partial charge in [-0.1, -0.05) is 66.7 Å². The van der Waals surface area contributed by atoms with Crippen molar-refractivity contribution in [3.05, 3.63) is 83.4 Å². The van der Waals surface area contributed by atoms with Gasteiger partial charge in [-0.15, -0.1) is 0 Å². The highest BCUT2D eigenvalue weighted by Crippen LogP contribution is 2.25. The second-order valence-electron chi connectivity index (χ2n) is 8.09. The van der Waals surface area contributed by atoms with Crippen LogP contribution >= 0.6 is 0 Å². The largest absolute Gasteiger partial charge is 0.341 e. The fourth-order valence-electron chi connectivity index (χ4n) is 4.82. The predicted octanol–water partition coefficient (Wildman–Crippen LogP) is 4.04. The topological polar surface area (TPSA) is 23.6 Å². The van der Waals surface area contributed by atoms with Crippen molar-refractivity contribution < 1.29 is 4.79 Å². The van der Waals surface area contributed by atoms with E-state index in [-0.39, 0.29) is 5.91 Å². The number of likely N-dealkylation sites (tertiary alicyclic amines) is 1. The van der Waals surface area contributed by atoms with Crippen LogP contribution in [0, 0.1) is 0 Å². The lowest BCUT2D eigenvalue weighted by molar-refractivity contribution is -0.129. The van der Waals surface area contributed by atoms with E-state index in [1.165, 1.54) is 21.9 Å². The molecule has 1 fully saturated rings. The van der Waals surface area contributed by atoms with Gasteiger partial charge in [0.2, 0.25) is 5.91 Å². The molecule has 0 saturated carbocycles. The zero-order valence-electron chi connectivity index (χ0n) is 16.2. The van der Waals surface area contributed by atoms with Crippen LogP contribution in [0.3, 0.4) is 0 Å². The first kappa shape index (κ1) is 17.4. The maximum absolute atomic E-state index is 13.0. The van der Waals surface area contributed by atoms with E-state index in [1.807, 2.05) is 0 Å². The molecule has 5 rings (SSSR count). The first-order chi connectivity index (χ1) is 13.8.